The maximum Gasteiger partial charge on any atom is 0.125 e. The lowest BCUT2D eigenvalue weighted by Gasteiger charge is -2.10. The minimum atomic E-state index is 0.246. The topological polar surface area (TPSA) is 50.7 Å². The van der Waals surface area contributed by atoms with E-state index in [1.807, 2.05) is 19.9 Å². The van der Waals surface area contributed by atoms with Crippen LogP contribution in [-0.4, -0.2) is 15.0 Å². The highest BCUT2D eigenvalue weighted by atomic mass is 32.1. The molecular formula is C12H16N4S. The Labute approximate surface area is 105 Å². The SMILES string of the molecule is Cc1nccc(CNC(C)c2csc(C)n2)n1. The fourth-order valence-electron chi connectivity index (χ4n) is 1.54. The number of nitrogens with one attached hydrogen (secondary N) is 1. The highest BCUT2D eigenvalue weighted by Crippen LogP contribution is 2.15. The molecule has 0 bridgehead atoms. The van der Waals surface area contributed by atoms with Gasteiger partial charge in [-0.25, -0.2) is 15.0 Å². The van der Waals surface area contributed by atoms with Gasteiger partial charge in [-0.05, 0) is 26.8 Å². The first-order valence-electron chi connectivity index (χ1n) is 5.59. The zero-order chi connectivity index (χ0) is 12.3. The fraction of sp³-hybridized carbons (Fsp3) is 0.417. The van der Waals surface area contributed by atoms with Crippen molar-refractivity contribution in [1.82, 2.24) is 20.3 Å². The lowest BCUT2D eigenvalue weighted by Crippen LogP contribution is -2.19. The smallest absolute Gasteiger partial charge is 0.125 e. The van der Waals surface area contributed by atoms with Crippen molar-refractivity contribution in [2.24, 2.45) is 0 Å². The van der Waals surface area contributed by atoms with Crippen LogP contribution >= 0.6 is 11.3 Å². The zero-order valence-corrected chi connectivity index (χ0v) is 11.1. The minimum absolute atomic E-state index is 0.246. The highest BCUT2D eigenvalue weighted by Gasteiger charge is 2.08. The van der Waals surface area contributed by atoms with Crippen LogP contribution in [0.2, 0.25) is 0 Å². The van der Waals surface area contributed by atoms with Gasteiger partial charge >= 0.3 is 0 Å². The maximum atomic E-state index is 4.46. The molecule has 0 aliphatic rings. The molecule has 1 unspecified atom stereocenters. The number of thiazole rings is 1. The lowest BCUT2D eigenvalue weighted by atomic mass is 10.2. The Bertz CT molecular complexity index is 495. The maximum absolute atomic E-state index is 4.46. The zero-order valence-electron chi connectivity index (χ0n) is 10.3. The molecule has 0 amide bonds. The summed E-state index contributed by atoms with van der Waals surface area (Å²) in [7, 11) is 0. The van der Waals surface area contributed by atoms with Gasteiger partial charge in [0.15, 0.2) is 0 Å². The summed E-state index contributed by atoms with van der Waals surface area (Å²) in [4.78, 5) is 12.9. The molecule has 0 saturated heterocycles. The Morgan fingerprint density at radius 2 is 2.18 bits per heavy atom. The van der Waals surface area contributed by atoms with Crippen LogP contribution in [0.3, 0.4) is 0 Å². The van der Waals surface area contributed by atoms with Crippen LogP contribution < -0.4 is 5.32 Å². The third-order valence-corrected chi connectivity index (χ3v) is 3.30. The number of aryl methyl sites for hydroxylation is 2. The highest BCUT2D eigenvalue weighted by molar-refractivity contribution is 7.09. The van der Waals surface area contributed by atoms with E-state index in [-0.39, 0.29) is 6.04 Å². The molecule has 17 heavy (non-hydrogen) atoms. The molecule has 0 aromatic carbocycles. The first kappa shape index (κ1) is 12.1. The number of aromatic nitrogens is 3. The minimum Gasteiger partial charge on any atom is -0.303 e. The van der Waals surface area contributed by atoms with Gasteiger partial charge in [0.2, 0.25) is 0 Å². The van der Waals surface area contributed by atoms with Gasteiger partial charge < -0.3 is 5.32 Å². The van der Waals surface area contributed by atoms with E-state index in [0.29, 0.717) is 0 Å². The van der Waals surface area contributed by atoms with Crippen LogP contribution in [0.4, 0.5) is 0 Å². The van der Waals surface area contributed by atoms with Crippen molar-refractivity contribution in [3.8, 4) is 0 Å². The third kappa shape index (κ3) is 3.31. The molecule has 2 aromatic rings. The molecule has 0 saturated carbocycles. The van der Waals surface area contributed by atoms with Crippen molar-refractivity contribution in [2.45, 2.75) is 33.4 Å². The fourth-order valence-corrected chi connectivity index (χ4v) is 2.25. The van der Waals surface area contributed by atoms with Gasteiger partial charge in [0.1, 0.15) is 5.82 Å². The van der Waals surface area contributed by atoms with Crippen LogP contribution in [0.1, 0.15) is 35.2 Å². The molecule has 0 aliphatic carbocycles. The lowest BCUT2D eigenvalue weighted by molar-refractivity contribution is 0.555. The molecule has 0 spiro atoms. The van der Waals surface area contributed by atoms with Crippen LogP contribution in [0.5, 0.6) is 0 Å². The Hall–Kier alpha value is -1.33. The van der Waals surface area contributed by atoms with Crippen LogP contribution in [0.25, 0.3) is 0 Å². The average molecular weight is 248 g/mol. The molecule has 90 valence electrons. The Balaban J connectivity index is 1.94. The van der Waals surface area contributed by atoms with Crippen molar-refractivity contribution in [3.63, 3.8) is 0 Å². The molecule has 1 atom stereocenters. The molecule has 2 heterocycles. The van der Waals surface area contributed by atoms with Crippen molar-refractivity contribution < 1.29 is 0 Å². The van der Waals surface area contributed by atoms with Gasteiger partial charge in [0.25, 0.3) is 0 Å². The predicted molar refractivity (Wildman–Crippen MR) is 68.9 cm³/mol. The quantitative estimate of drug-likeness (QED) is 0.902. The van der Waals surface area contributed by atoms with Crippen LogP contribution in [0, 0.1) is 13.8 Å². The van der Waals surface area contributed by atoms with Gasteiger partial charge in [-0.3, -0.25) is 0 Å². The van der Waals surface area contributed by atoms with E-state index in [1.165, 1.54) is 0 Å². The number of hydrogen-bond donors (Lipinski definition) is 1. The van der Waals surface area contributed by atoms with Gasteiger partial charge in [0, 0.05) is 24.2 Å². The van der Waals surface area contributed by atoms with Gasteiger partial charge in [-0.2, -0.15) is 0 Å². The van der Waals surface area contributed by atoms with E-state index in [1.54, 1.807) is 17.5 Å². The first-order valence-corrected chi connectivity index (χ1v) is 6.47. The summed E-state index contributed by atoms with van der Waals surface area (Å²) in [5, 5.41) is 6.61. The third-order valence-electron chi connectivity index (χ3n) is 2.50. The standard InChI is InChI=1S/C12H16N4S/c1-8(12-7-17-10(3)16-12)14-6-11-4-5-13-9(2)15-11/h4-5,7-8,14H,6H2,1-3H3. The first-order chi connectivity index (χ1) is 8.15. The van der Waals surface area contributed by atoms with Gasteiger partial charge in [-0.1, -0.05) is 0 Å². The molecule has 2 aromatic heterocycles. The van der Waals surface area contributed by atoms with E-state index >= 15 is 0 Å². The second-order valence-corrected chi connectivity index (χ2v) is 5.05. The summed E-state index contributed by atoms with van der Waals surface area (Å²) >= 11 is 1.68. The van der Waals surface area contributed by atoms with E-state index in [0.717, 1.165) is 28.8 Å². The second-order valence-electron chi connectivity index (χ2n) is 3.99. The molecular weight excluding hydrogens is 232 g/mol. The summed E-state index contributed by atoms with van der Waals surface area (Å²) in [5.41, 5.74) is 2.11. The van der Waals surface area contributed by atoms with Gasteiger partial charge in [0.05, 0.1) is 16.4 Å². The van der Waals surface area contributed by atoms with E-state index < -0.39 is 0 Å². The van der Waals surface area contributed by atoms with E-state index in [2.05, 4.69) is 32.6 Å². The van der Waals surface area contributed by atoms with Crippen molar-refractivity contribution in [3.05, 3.63) is 39.9 Å². The molecule has 0 aliphatic heterocycles. The van der Waals surface area contributed by atoms with Crippen LogP contribution in [0.15, 0.2) is 17.6 Å². The predicted octanol–water partition coefficient (Wildman–Crippen LogP) is 2.40. The van der Waals surface area contributed by atoms with E-state index in [9.17, 15) is 0 Å². The summed E-state index contributed by atoms with van der Waals surface area (Å²) in [5.74, 6) is 0.807. The molecule has 2 rings (SSSR count). The largest absolute Gasteiger partial charge is 0.303 e. The Morgan fingerprint density at radius 1 is 1.35 bits per heavy atom. The van der Waals surface area contributed by atoms with Crippen molar-refractivity contribution in [2.75, 3.05) is 0 Å². The van der Waals surface area contributed by atoms with E-state index in [4.69, 9.17) is 0 Å². The Morgan fingerprint density at radius 3 is 2.82 bits per heavy atom. The monoisotopic (exact) mass is 248 g/mol. The normalized spacial score (nSPS) is 12.6. The van der Waals surface area contributed by atoms with Crippen molar-refractivity contribution >= 4 is 11.3 Å². The molecule has 5 heteroatoms. The number of hydrogen-bond acceptors (Lipinski definition) is 5. The number of rotatable bonds is 4. The number of nitrogens with zero attached hydrogens (tertiary/aromatic N) is 3. The van der Waals surface area contributed by atoms with Crippen LogP contribution in [-0.2, 0) is 6.54 Å². The molecule has 0 radical (unpaired) electrons. The summed E-state index contributed by atoms with van der Waals surface area (Å²) in [6, 6.07) is 2.18. The van der Waals surface area contributed by atoms with Crippen molar-refractivity contribution in [1.29, 1.82) is 0 Å². The second kappa shape index (κ2) is 5.33. The molecule has 0 fully saturated rings. The van der Waals surface area contributed by atoms with Gasteiger partial charge in [-0.15, -0.1) is 11.3 Å². The average Bonchev–Trinajstić information content (AvgIpc) is 2.73. The summed E-state index contributed by atoms with van der Waals surface area (Å²) < 4.78 is 0. The molecule has 1 N–H and O–H groups in total. The Kier molecular flexibility index (Phi) is 3.81. The summed E-state index contributed by atoms with van der Waals surface area (Å²) in [6.07, 6.45) is 1.79. The molecule has 4 nitrogen and oxygen atoms in total. The summed E-state index contributed by atoms with van der Waals surface area (Å²) in [6.45, 7) is 6.77.